The van der Waals surface area contributed by atoms with Crippen LogP contribution in [0.1, 0.15) is 5.56 Å². The van der Waals surface area contributed by atoms with Gasteiger partial charge in [0.25, 0.3) is 0 Å². The van der Waals surface area contributed by atoms with E-state index < -0.39 is 0 Å². The molecule has 0 radical (unpaired) electrons. The highest BCUT2D eigenvalue weighted by Gasteiger charge is 2.23. The monoisotopic (exact) mass is 325 g/mol. The Morgan fingerprint density at radius 2 is 1.56 bits per heavy atom. The third kappa shape index (κ3) is 1.92. The van der Waals surface area contributed by atoms with Gasteiger partial charge in [-0.25, -0.2) is 0 Å². The molecule has 0 aliphatic rings. The van der Waals surface area contributed by atoms with E-state index in [4.69, 9.17) is 4.42 Å². The van der Waals surface area contributed by atoms with Crippen LogP contribution < -0.4 is 4.68 Å². The molecule has 120 valence electrons. The van der Waals surface area contributed by atoms with Crippen molar-refractivity contribution in [3.63, 3.8) is 0 Å². The maximum absolute atomic E-state index is 6.34. The fraction of sp³-hybridized carbons (Fsp3) is 0.0909. The molecular formula is C22H17N2O+. The van der Waals surface area contributed by atoms with Gasteiger partial charge in [0, 0.05) is 16.8 Å². The summed E-state index contributed by atoms with van der Waals surface area (Å²) < 4.78 is 8.25. The lowest BCUT2D eigenvalue weighted by Gasteiger charge is -2.09. The van der Waals surface area contributed by atoms with E-state index >= 15 is 0 Å². The van der Waals surface area contributed by atoms with Gasteiger partial charge >= 0.3 is 0 Å². The number of nitrogens with zero attached hydrogens (tertiary/aromatic N) is 2. The second-order valence-electron chi connectivity index (χ2n) is 6.38. The summed E-state index contributed by atoms with van der Waals surface area (Å²) >= 11 is 0. The molecule has 25 heavy (non-hydrogen) atoms. The van der Waals surface area contributed by atoms with E-state index in [2.05, 4.69) is 54.5 Å². The number of fused-ring (bicyclic) bond motifs is 5. The first-order valence-corrected chi connectivity index (χ1v) is 8.40. The smallest absolute Gasteiger partial charge is 0.242 e. The minimum absolute atomic E-state index is 0.918. The van der Waals surface area contributed by atoms with Crippen LogP contribution in [-0.2, 0) is 7.05 Å². The van der Waals surface area contributed by atoms with Crippen molar-refractivity contribution in [2.75, 3.05) is 0 Å². The number of rotatable bonds is 1. The summed E-state index contributed by atoms with van der Waals surface area (Å²) in [5.74, 6) is 0. The molecule has 0 amide bonds. The molecule has 5 rings (SSSR count). The highest BCUT2D eigenvalue weighted by atomic mass is 16.3. The standard InChI is InChI=1S/C22H17N2O/c1-14-15-8-3-4-9-16(15)21-17-10-5-6-12-19(17)25-22(21)20(14)18-11-7-13-23-24(18)2/h3-13H,1-2H3/q+1. The van der Waals surface area contributed by atoms with Crippen LogP contribution >= 0.6 is 0 Å². The molecule has 0 aliphatic carbocycles. The van der Waals surface area contributed by atoms with Gasteiger partial charge in [0.2, 0.25) is 5.69 Å². The van der Waals surface area contributed by atoms with Gasteiger partial charge in [0.1, 0.15) is 11.2 Å². The number of benzene rings is 3. The summed E-state index contributed by atoms with van der Waals surface area (Å²) in [7, 11) is 1.97. The topological polar surface area (TPSA) is 29.9 Å². The molecule has 0 fully saturated rings. The Balaban J connectivity index is 2.10. The van der Waals surface area contributed by atoms with Gasteiger partial charge < -0.3 is 4.42 Å². The molecule has 5 aromatic rings. The molecule has 3 aromatic carbocycles. The molecule has 0 saturated carbocycles. The van der Waals surface area contributed by atoms with Gasteiger partial charge in [-0.15, -0.1) is 0 Å². The molecule has 2 aromatic heterocycles. The van der Waals surface area contributed by atoms with Crippen LogP contribution in [0.3, 0.4) is 0 Å². The van der Waals surface area contributed by atoms with Gasteiger partial charge in [-0.3, -0.25) is 0 Å². The molecule has 3 heteroatoms. The van der Waals surface area contributed by atoms with Crippen molar-refractivity contribution in [2.45, 2.75) is 6.92 Å². The molecule has 0 N–H and O–H groups in total. The van der Waals surface area contributed by atoms with E-state index in [1.165, 1.54) is 21.7 Å². The molecule has 0 unspecified atom stereocenters. The Morgan fingerprint density at radius 3 is 2.36 bits per heavy atom. The predicted molar refractivity (Wildman–Crippen MR) is 100 cm³/mol. The minimum atomic E-state index is 0.918. The van der Waals surface area contributed by atoms with Crippen molar-refractivity contribution in [3.8, 4) is 11.3 Å². The quantitative estimate of drug-likeness (QED) is 0.409. The lowest BCUT2D eigenvalue weighted by Crippen LogP contribution is -2.35. The average Bonchev–Trinajstić information content (AvgIpc) is 3.02. The first kappa shape index (κ1) is 14.2. The lowest BCUT2D eigenvalue weighted by molar-refractivity contribution is -0.720. The molecule has 3 nitrogen and oxygen atoms in total. The zero-order valence-corrected chi connectivity index (χ0v) is 14.2. The molecule has 0 bridgehead atoms. The van der Waals surface area contributed by atoms with Crippen LogP contribution in [0.4, 0.5) is 0 Å². The van der Waals surface area contributed by atoms with Crippen LogP contribution in [0.25, 0.3) is 44.0 Å². The summed E-state index contributed by atoms with van der Waals surface area (Å²) in [6, 6.07) is 20.9. The Bertz CT molecular complexity index is 1270. The van der Waals surface area contributed by atoms with Gasteiger partial charge in [-0.1, -0.05) is 47.1 Å². The highest BCUT2D eigenvalue weighted by Crippen LogP contribution is 2.42. The number of aryl methyl sites for hydroxylation is 2. The second kappa shape index (κ2) is 5.15. The van der Waals surface area contributed by atoms with E-state index in [0.29, 0.717) is 0 Å². The molecule has 0 saturated heterocycles. The Labute approximate surface area is 145 Å². The summed E-state index contributed by atoms with van der Waals surface area (Å²) in [5.41, 5.74) is 5.23. The van der Waals surface area contributed by atoms with E-state index in [1.807, 2.05) is 29.9 Å². The first-order chi connectivity index (χ1) is 12.3. The largest absolute Gasteiger partial charge is 0.455 e. The van der Waals surface area contributed by atoms with Crippen LogP contribution in [-0.4, -0.2) is 5.10 Å². The van der Waals surface area contributed by atoms with Crippen molar-refractivity contribution in [2.24, 2.45) is 7.05 Å². The lowest BCUT2D eigenvalue weighted by atomic mass is 9.93. The van der Waals surface area contributed by atoms with Crippen LogP contribution in [0.5, 0.6) is 0 Å². The maximum atomic E-state index is 6.34. The van der Waals surface area contributed by atoms with Crippen molar-refractivity contribution in [3.05, 3.63) is 72.4 Å². The fourth-order valence-electron chi connectivity index (χ4n) is 3.82. The van der Waals surface area contributed by atoms with Gasteiger partial charge in [-0.05, 0) is 40.5 Å². The zero-order valence-electron chi connectivity index (χ0n) is 14.2. The maximum Gasteiger partial charge on any atom is 0.242 e. The number of para-hydroxylation sites is 1. The summed E-state index contributed by atoms with van der Waals surface area (Å²) in [6.07, 6.45) is 1.80. The van der Waals surface area contributed by atoms with E-state index in [-0.39, 0.29) is 0 Å². The molecular weight excluding hydrogens is 308 g/mol. The Kier molecular flexibility index (Phi) is 2.92. The van der Waals surface area contributed by atoms with Crippen molar-refractivity contribution in [1.29, 1.82) is 0 Å². The van der Waals surface area contributed by atoms with E-state index in [1.54, 1.807) is 6.20 Å². The number of hydrogen-bond donors (Lipinski definition) is 0. The normalized spacial score (nSPS) is 11.6. The van der Waals surface area contributed by atoms with Gasteiger partial charge in [-0.2, -0.15) is 0 Å². The SMILES string of the molecule is Cc1c(-c2cccn[n+]2C)c2oc3ccccc3c2c2ccccc12. The highest BCUT2D eigenvalue weighted by molar-refractivity contribution is 6.23. The van der Waals surface area contributed by atoms with Crippen molar-refractivity contribution >= 4 is 32.7 Å². The minimum Gasteiger partial charge on any atom is -0.455 e. The average molecular weight is 325 g/mol. The Hall–Kier alpha value is -3.20. The zero-order chi connectivity index (χ0) is 17.0. The summed E-state index contributed by atoms with van der Waals surface area (Å²) in [5, 5.41) is 9.23. The number of hydrogen-bond acceptors (Lipinski definition) is 2. The van der Waals surface area contributed by atoms with Crippen LogP contribution in [0.2, 0.25) is 0 Å². The first-order valence-electron chi connectivity index (χ1n) is 8.40. The molecule has 0 aliphatic heterocycles. The summed E-state index contributed by atoms with van der Waals surface area (Å²) in [6.45, 7) is 2.16. The molecule has 0 spiro atoms. The summed E-state index contributed by atoms with van der Waals surface area (Å²) in [4.78, 5) is 0. The van der Waals surface area contributed by atoms with Gasteiger partial charge in [0.15, 0.2) is 7.05 Å². The third-order valence-electron chi connectivity index (χ3n) is 4.98. The molecule has 2 heterocycles. The third-order valence-corrected chi connectivity index (χ3v) is 4.98. The van der Waals surface area contributed by atoms with Crippen molar-refractivity contribution < 1.29 is 9.10 Å². The predicted octanol–water partition coefficient (Wildman–Crippen LogP) is 4.93. The van der Waals surface area contributed by atoms with E-state index in [9.17, 15) is 0 Å². The Morgan fingerprint density at radius 1 is 0.840 bits per heavy atom. The van der Waals surface area contributed by atoms with E-state index in [0.717, 1.165) is 27.8 Å². The number of furan rings is 1. The second-order valence-corrected chi connectivity index (χ2v) is 6.38. The van der Waals surface area contributed by atoms with Crippen LogP contribution in [0.15, 0.2) is 71.3 Å². The fourth-order valence-corrected chi connectivity index (χ4v) is 3.82. The van der Waals surface area contributed by atoms with Crippen molar-refractivity contribution in [1.82, 2.24) is 5.10 Å². The molecule has 0 atom stereocenters. The number of aromatic nitrogens is 2. The van der Waals surface area contributed by atoms with Crippen LogP contribution in [0, 0.1) is 6.92 Å². The van der Waals surface area contributed by atoms with Gasteiger partial charge in [0.05, 0.1) is 11.8 Å².